The molecule has 0 amide bonds. The molecular formula is C11H16BrNO2. The summed E-state index contributed by atoms with van der Waals surface area (Å²) in [6.07, 6.45) is 0.763. The number of phenolic OH excluding ortho intramolecular Hbond substituents is 1. The van der Waals surface area contributed by atoms with Gasteiger partial charge in [-0.05, 0) is 53.9 Å². The quantitative estimate of drug-likeness (QED) is 0.886. The van der Waals surface area contributed by atoms with Crippen LogP contribution in [0.4, 0.5) is 0 Å². The smallest absolute Gasteiger partial charge is 0.172 e. The van der Waals surface area contributed by atoms with E-state index in [0.717, 1.165) is 12.0 Å². The molecule has 84 valence electrons. The summed E-state index contributed by atoms with van der Waals surface area (Å²) >= 11 is 3.29. The van der Waals surface area contributed by atoms with E-state index in [1.54, 1.807) is 0 Å². The van der Waals surface area contributed by atoms with Crippen molar-refractivity contribution in [3.05, 3.63) is 22.2 Å². The zero-order valence-corrected chi connectivity index (χ0v) is 10.5. The van der Waals surface area contributed by atoms with E-state index in [-0.39, 0.29) is 11.8 Å². The molecule has 0 saturated heterocycles. The topological polar surface area (TPSA) is 55.5 Å². The lowest BCUT2D eigenvalue weighted by Crippen LogP contribution is -2.17. The Morgan fingerprint density at radius 2 is 2.20 bits per heavy atom. The van der Waals surface area contributed by atoms with Crippen LogP contribution < -0.4 is 10.5 Å². The van der Waals surface area contributed by atoms with Crippen molar-refractivity contribution in [2.75, 3.05) is 6.61 Å². The predicted octanol–water partition coefficient (Wildman–Crippen LogP) is 2.44. The maximum atomic E-state index is 9.68. The summed E-state index contributed by atoms with van der Waals surface area (Å²) in [5, 5.41) is 9.68. The third kappa shape index (κ3) is 3.39. The summed E-state index contributed by atoms with van der Waals surface area (Å²) in [4.78, 5) is 0. The molecule has 0 heterocycles. The van der Waals surface area contributed by atoms with Gasteiger partial charge in [-0.15, -0.1) is 0 Å². The van der Waals surface area contributed by atoms with Crippen molar-refractivity contribution in [2.45, 2.75) is 26.3 Å². The molecule has 0 fully saturated rings. The molecule has 3 N–H and O–H groups in total. The normalized spacial score (nSPS) is 12.5. The molecule has 3 nitrogen and oxygen atoms in total. The Labute approximate surface area is 98.4 Å². The number of ether oxygens (including phenoxy) is 1. The van der Waals surface area contributed by atoms with Crippen LogP contribution in [-0.4, -0.2) is 17.8 Å². The summed E-state index contributed by atoms with van der Waals surface area (Å²) in [5.74, 6) is 0.646. The van der Waals surface area contributed by atoms with Crippen LogP contribution in [0, 0.1) is 0 Å². The second-order valence-corrected chi connectivity index (χ2v) is 4.39. The van der Waals surface area contributed by atoms with Crippen LogP contribution >= 0.6 is 15.9 Å². The second kappa shape index (κ2) is 5.37. The maximum Gasteiger partial charge on any atom is 0.172 e. The van der Waals surface area contributed by atoms with Crippen molar-refractivity contribution in [3.8, 4) is 11.5 Å². The molecule has 0 aliphatic carbocycles. The van der Waals surface area contributed by atoms with Gasteiger partial charge in [0.05, 0.1) is 11.1 Å². The lowest BCUT2D eigenvalue weighted by atomic mass is 10.1. The Morgan fingerprint density at radius 1 is 1.53 bits per heavy atom. The van der Waals surface area contributed by atoms with E-state index in [1.165, 1.54) is 0 Å². The average molecular weight is 274 g/mol. The molecule has 15 heavy (non-hydrogen) atoms. The minimum atomic E-state index is 0.0934. The molecule has 0 aromatic heterocycles. The number of benzene rings is 1. The van der Waals surface area contributed by atoms with Gasteiger partial charge in [-0.1, -0.05) is 0 Å². The standard InChI is InChI=1S/C11H16BrNO2/c1-3-15-10-6-8(4-7(2)13)5-9(12)11(10)14/h5-7,14H,3-4,13H2,1-2H3/t7-/m0/s1. The molecule has 0 spiro atoms. The number of halogens is 1. The highest BCUT2D eigenvalue weighted by Gasteiger charge is 2.09. The van der Waals surface area contributed by atoms with Gasteiger partial charge >= 0.3 is 0 Å². The summed E-state index contributed by atoms with van der Waals surface area (Å²) in [5.41, 5.74) is 6.77. The first kappa shape index (κ1) is 12.3. The fourth-order valence-corrected chi connectivity index (χ4v) is 1.87. The first-order chi connectivity index (χ1) is 7.04. The average Bonchev–Trinajstić information content (AvgIpc) is 2.12. The van der Waals surface area contributed by atoms with E-state index in [1.807, 2.05) is 26.0 Å². The fourth-order valence-electron chi connectivity index (χ4n) is 1.38. The number of rotatable bonds is 4. The minimum absolute atomic E-state index is 0.0934. The number of nitrogens with two attached hydrogens (primary N) is 1. The second-order valence-electron chi connectivity index (χ2n) is 3.54. The summed E-state index contributed by atoms with van der Waals surface area (Å²) < 4.78 is 5.96. The first-order valence-electron chi connectivity index (χ1n) is 4.94. The molecule has 1 aromatic rings. The third-order valence-corrected chi connectivity index (χ3v) is 2.55. The number of phenols is 1. The largest absolute Gasteiger partial charge is 0.503 e. The fraction of sp³-hybridized carbons (Fsp3) is 0.455. The van der Waals surface area contributed by atoms with Crippen molar-refractivity contribution >= 4 is 15.9 Å². The summed E-state index contributed by atoms with van der Waals surface area (Å²) in [6.45, 7) is 4.36. The minimum Gasteiger partial charge on any atom is -0.503 e. The predicted molar refractivity (Wildman–Crippen MR) is 64.3 cm³/mol. The third-order valence-electron chi connectivity index (χ3n) is 1.95. The van der Waals surface area contributed by atoms with E-state index in [4.69, 9.17) is 10.5 Å². The van der Waals surface area contributed by atoms with Crippen LogP contribution in [0.15, 0.2) is 16.6 Å². The lowest BCUT2D eigenvalue weighted by Gasteiger charge is -2.11. The highest BCUT2D eigenvalue weighted by atomic mass is 79.9. The Bertz CT molecular complexity index is 340. The van der Waals surface area contributed by atoms with Crippen LogP contribution in [-0.2, 0) is 6.42 Å². The lowest BCUT2D eigenvalue weighted by molar-refractivity contribution is 0.317. The molecule has 0 radical (unpaired) electrons. The number of hydrogen-bond acceptors (Lipinski definition) is 3. The molecule has 1 atom stereocenters. The van der Waals surface area contributed by atoms with Crippen LogP contribution in [0.3, 0.4) is 0 Å². The van der Waals surface area contributed by atoms with E-state index in [0.29, 0.717) is 16.8 Å². The van der Waals surface area contributed by atoms with E-state index in [2.05, 4.69) is 15.9 Å². The Balaban J connectivity index is 3.00. The zero-order valence-electron chi connectivity index (χ0n) is 8.96. The first-order valence-corrected chi connectivity index (χ1v) is 5.73. The van der Waals surface area contributed by atoms with Gasteiger partial charge in [0.25, 0.3) is 0 Å². The van der Waals surface area contributed by atoms with Crippen molar-refractivity contribution < 1.29 is 9.84 Å². The van der Waals surface area contributed by atoms with Crippen molar-refractivity contribution in [1.29, 1.82) is 0 Å². The van der Waals surface area contributed by atoms with Crippen molar-refractivity contribution in [3.63, 3.8) is 0 Å². The molecule has 0 bridgehead atoms. The Morgan fingerprint density at radius 3 is 2.73 bits per heavy atom. The van der Waals surface area contributed by atoms with E-state index < -0.39 is 0 Å². The van der Waals surface area contributed by atoms with Crippen LogP contribution in [0.2, 0.25) is 0 Å². The highest BCUT2D eigenvalue weighted by Crippen LogP contribution is 2.35. The SMILES string of the molecule is CCOc1cc(C[C@H](C)N)cc(Br)c1O. The van der Waals surface area contributed by atoms with Gasteiger partial charge in [0.1, 0.15) is 0 Å². The van der Waals surface area contributed by atoms with Crippen LogP contribution in [0.25, 0.3) is 0 Å². The summed E-state index contributed by atoms with van der Waals surface area (Å²) in [7, 11) is 0. The molecule has 0 saturated carbocycles. The summed E-state index contributed by atoms with van der Waals surface area (Å²) in [6, 6.07) is 3.78. The molecule has 0 unspecified atom stereocenters. The monoisotopic (exact) mass is 273 g/mol. The van der Waals surface area contributed by atoms with Gasteiger partial charge in [-0.3, -0.25) is 0 Å². The number of aromatic hydroxyl groups is 1. The van der Waals surface area contributed by atoms with Crippen molar-refractivity contribution in [1.82, 2.24) is 0 Å². The van der Waals surface area contributed by atoms with Gasteiger partial charge in [-0.25, -0.2) is 0 Å². The van der Waals surface area contributed by atoms with Gasteiger partial charge in [0, 0.05) is 6.04 Å². The molecule has 1 rings (SSSR count). The zero-order chi connectivity index (χ0) is 11.4. The van der Waals surface area contributed by atoms with E-state index >= 15 is 0 Å². The van der Waals surface area contributed by atoms with Gasteiger partial charge in [0.2, 0.25) is 0 Å². The molecule has 0 aliphatic rings. The van der Waals surface area contributed by atoms with E-state index in [9.17, 15) is 5.11 Å². The van der Waals surface area contributed by atoms with Gasteiger partial charge < -0.3 is 15.6 Å². The number of hydrogen-bond donors (Lipinski definition) is 2. The van der Waals surface area contributed by atoms with Crippen LogP contribution in [0.5, 0.6) is 11.5 Å². The molecular weight excluding hydrogens is 258 g/mol. The highest BCUT2D eigenvalue weighted by molar-refractivity contribution is 9.10. The molecule has 4 heteroatoms. The van der Waals surface area contributed by atoms with Gasteiger partial charge in [-0.2, -0.15) is 0 Å². The van der Waals surface area contributed by atoms with Crippen LogP contribution in [0.1, 0.15) is 19.4 Å². The Kier molecular flexibility index (Phi) is 4.42. The molecule has 0 aliphatic heterocycles. The Hall–Kier alpha value is -0.740. The van der Waals surface area contributed by atoms with Gasteiger partial charge in [0.15, 0.2) is 11.5 Å². The maximum absolute atomic E-state index is 9.68. The molecule has 1 aromatic carbocycles. The van der Waals surface area contributed by atoms with Crippen molar-refractivity contribution in [2.24, 2.45) is 5.73 Å².